The maximum absolute atomic E-state index is 12.9. The summed E-state index contributed by atoms with van der Waals surface area (Å²) in [5, 5.41) is 5.61. The van der Waals surface area contributed by atoms with Gasteiger partial charge in [0, 0.05) is 44.6 Å². The summed E-state index contributed by atoms with van der Waals surface area (Å²) in [7, 11) is -3.60. The van der Waals surface area contributed by atoms with Crippen LogP contribution in [0.5, 0.6) is 0 Å². The van der Waals surface area contributed by atoms with E-state index in [0.717, 1.165) is 5.76 Å². The van der Waals surface area contributed by atoms with Crippen LogP contribution in [-0.4, -0.2) is 43.7 Å². The average Bonchev–Trinajstić information content (AvgIpc) is 3.21. The van der Waals surface area contributed by atoms with Crippen molar-refractivity contribution < 1.29 is 22.4 Å². The number of hydrogen-bond acceptors (Lipinski definition) is 5. The molecule has 9 heteroatoms. The molecule has 168 valence electrons. The third-order valence-electron chi connectivity index (χ3n) is 5.35. The van der Waals surface area contributed by atoms with E-state index in [0.29, 0.717) is 44.5 Å². The van der Waals surface area contributed by atoms with Gasteiger partial charge in [-0.1, -0.05) is 0 Å². The third kappa shape index (κ3) is 6.41. The molecular weight excluding hydrogens is 418 g/mol. The Hall–Kier alpha value is -2.65. The van der Waals surface area contributed by atoms with E-state index in [4.69, 9.17) is 4.42 Å². The smallest absolute Gasteiger partial charge is 0.243 e. The number of carbonyl (C=O) groups excluding carboxylic acids is 2. The van der Waals surface area contributed by atoms with Crippen molar-refractivity contribution in [3.63, 3.8) is 0 Å². The van der Waals surface area contributed by atoms with Gasteiger partial charge in [-0.3, -0.25) is 9.59 Å². The molecule has 1 aromatic heterocycles. The van der Waals surface area contributed by atoms with Crippen molar-refractivity contribution in [3.05, 3.63) is 48.4 Å². The van der Waals surface area contributed by atoms with Crippen molar-refractivity contribution in [2.75, 3.05) is 18.4 Å². The lowest BCUT2D eigenvalue weighted by Gasteiger charge is -2.31. The average molecular weight is 448 g/mol. The van der Waals surface area contributed by atoms with Gasteiger partial charge < -0.3 is 15.1 Å². The standard InChI is InChI=1S/C22H29N3O5S/c1-16(14-20-4-3-13-30-20)23-22(27)15-18-9-11-25(12-10-18)31(28,29)21-7-5-19(6-8-21)24-17(2)26/h3-8,13,16,18H,9-12,14-15H2,1-2H3,(H,23,27)(H,24,26)/t16-/m0/s1. The molecule has 1 fully saturated rings. The molecule has 2 amide bonds. The second-order valence-corrected chi connectivity index (χ2v) is 9.95. The van der Waals surface area contributed by atoms with Gasteiger partial charge in [0.15, 0.2) is 0 Å². The van der Waals surface area contributed by atoms with Gasteiger partial charge in [-0.15, -0.1) is 0 Å². The Morgan fingerprint density at radius 3 is 2.42 bits per heavy atom. The van der Waals surface area contributed by atoms with E-state index in [1.807, 2.05) is 19.1 Å². The van der Waals surface area contributed by atoms with Gasteiger partial charge in [0.25, 0.3) is 0 Å². The summed E-state index contributed by atoms with van der Waals surface area (Å²) in [5.41, 5.74) is 0.553. The Morgan fingerprint density at radius 2 is 1.84 bits per heavy atom. The van der Waals surface area contributed by atoms with Crippen molar-refractivity contribution >= 4 is 27.5 Å². The highest BCUT2D eigenvalue weighted by Gasteiger charge is 2.30. The summed E-state index contributed by atoms with van der Waals surface area (Å²) < 4.78 is 32.6. The first kappa shape index (κ1) is 23.0. The number of amides is 2. The molecular formula is C22H29N3O5S. The molecule has 1 atom stereocenters. The molecule has 0 aliphatic carbocycles. The van der Waals surface area contributed by atoms with Gasteiger partial charge in [-0.05, 0) is 62.1 Å². The number of piperidine rings is 1. The number of benzene rings is 1. The lowest BCUT2D eigenvalue weighted by molar-refractivity contribution is -0.122. The molecule has 1 aromatic carbocycles. The van der Waals surface area contributed by atoms with Gasteiger partial charge in [0.2, 0.25) is 21.8 Å². The first-order chi connectivity index (χ1) is 14.7. The van der Waals surface area contributed by atoms with Crippen LogP contribution in [0.3, 0.4) is 0 Å². The minimum Gasteiger partial charge on any atom is -0.469 e. The minimum atomic E-state index is -3.60. The number of nitrogens with one attached hydrogen (secondary N) is 2. The summed E-state index contributed by atoms with van der Waals surface area (Å²) >= 11 is 0. The normalized spacial score (nSPS) is 16.6. The van der Waals surface area contributed by atoms with Crippen molar-refractivity contribution in [2.45, 2.75) is 50.5 Å². The van der Waals surface area contributed by atoms with Crippen molar-refractivity contribution in [1.29, 1.82) is 0 Å². The molecule has 1 aliphatic rings. The van der Waals surface area contributed by atoms with Gasteiger partial charge in [0.05, 0.1) is 11.2 Å². The van der Waals surface area contributed by atoms with E-state index in [9.17, 15) is 18.0 Å². The molecule has 1 aliphatic heterocycles. The fourth-order valence-corrected chi connectivity index (χ4v) is 5.26. The Labute approximate surface area is 183 Å². The second-order valence-electron chi connectivity index (χ2n) is 8.01. The van der Waals surface area contributed by atoms with Crippen LogP contribution >= 0.6 is 0 Å². The number of anilines is 1. The Kier molecular flexibility index (Phi) is 7.50. The highest BCUT2D eigenvalue weighted by molar-refractivity contribution is 7.89. The van der Waals surface area contributed by atoms with Gasteiger partial charge >= 0.3 is 0 Å². The maximum Gasteiger partial charge on any atom is 0.243 e. The largest absolute Gasteiger partial charge is 0.469 e. The molecule has 2 heterocycles. The molecule has 1 saturated heterocycles. The van der Waals surface area contributed by atoms with Crippen molar-refractivity contribution in [3.8, 4) is 0 Å². The predicted octanol–water partition coefficient (Wildman–Crippen LogP) is 2.78. The van der Waals surface area contributed by atoms with Gasteiger partial charge in [0.1, 0.15) is 5.76 Å². The summed E-state index contributed by atoms with van der Waals surface area (Å²) in [6.45, 7) is 4.10. The molecule has 0 bridgehead atoms. The van der Waals surface area contributed by atoms with E-state index in [1.165, 1.54) is 23.4 Å². The predicted molar refractivity (Wildman–Crippen MR) is 117 cm³/mol. The monoisotopic (exact) mass is 447 g/mol. The molecule has 2 N–H and O–H groups in total. The Balaban J connectivity index is 1.48. The number of nitrogens with zero attached hydrogens (tertiary/aromatic N) is 1. The highest BCUT2D eigenvalue weighted by Crippen LogP contribution is 2.26. The number of hydrogen-bond donors (Lipinski definition) is 2. The fourth-order valence-electron chi connectivity index (χ4n) is 3.79. The van der Waals surface area contributed by atoms with Crippen LogP contribution in [0.4, 0.5) is 5.69 Å². The minimum absolute atomic E-state index is 0.0195. The zero-order valence-corrected chi connectivity index (χ0v) is 18.7. The van der Waals surface area contributed by atoms with Crippen LogP contribution in [0.1, 0.15) is 38.9 Å². The summed E-state index contributed by atoms with van der Waals surface area (Å²) in [6, 6.07) is 9.83. The van der Waals surface area contributed by atoms with Gasteiger partial charge in [-0.25, -0.2) is 8.42 Å². The number of rotatable bonds is 8. The zero-order chi connectivity index (χ0) is 22.4. The Morgan fingerprint density at radius 1 is 1.16 bits per heavy atom. The van der Waals surface area contributed by atoms with E-state index in [2.05, 4.69) is 10.6 Å². The highest BCUT2D eigenvalue weighted by atomic mass is 32.2. The first-order valence-corrected chi connectivity index (χ1v) is 11.9. The summed E-state index contributed by atoms with van der Waals surface area (Å²) in [4.78, 5) is 23.7. The third-order valence-corrected chi connectivity index (χ3v) is 7.27. The molecule has 0 spiro atoms. The van der Waals surface area contributed by atoms with E-state index < -0.39 is 10.0 Å². The molecule has 0 radical (unpaired) electrons. The SMILES string of the molecule is CC(=O)Nc1ccc(S(=O)(=O)N2CCC(CC(=O)N[C@@H](C)Cc3ccco3)CC2)cc1. The van der Waals surface area contributed by atoms with E-state index >= 15 is 0 Å². The van der Waals surface area contributed by atoms with E-state index in [-0.39, 0.29) is 28.7 Å². The van der Waals surface area contributed by atoms with E-state index in [1.54, 1.807) is 18.4 Å². The number of sulfonamides is 1. The molecule has 0 saturated carbocycles. The van der Waals surface area contributed by atoms with Crippen molar-refractivity contribution in [1.82, 2.24) is 9.62 Å². The first-order valence-electron chi connectivity index (χ1n) is 10.4. The zero-order valence-electron chi connectivity index (χ0n) is 17.8. The maximum atomic E-state index is 12.9. The molecule has 3 rings (SSSR count). The van der Waals surface area contributed by atoms with Crippen LogP contribution in [0.2, 0.25) is 0 Å². The molecule has 2 aromatic rings. The topological polar surface area (TPSA) is 109 Å². The van der Waals surface area contributed by atoms with Crippen LogP contribution < -0.4 is 10.6 Å². The van der Waals surface area contributed by atoms with Crippen LogP contribution in [0.25, 0.3) is 0 Å². The summed E-state index contributed by atoms with van der Waals surface area (Å²) in [5.74, 6) is 0.756. The van der Waals surface area contributed by atoms with Crippen molar-refractivity contribution in [2.24, 2.45) is 5.92 Å². The second kappa shape index (κ2) is 10.1. The van der Waals surface area contributed by atoms with Gasteiger partial charge in [-0.2, -0.15) is 4.31 Å². The van der Waals surface area contributed by atoms with Crippen LogP contribution in [0.15, 0.2) is 52.0 Å². The Bertz CT molecular complexity index is 979. The number of furan rings is 1. The summed E-state index contributed by atoms with van der Waals surface area (Å²) in [6.07, 6.45) is 3.92. The fraction of sp³-hybridized carbons (Fsp3) is 0.455. The van der Waals surface area contributed by atoms with Crippen LogP contribution in [0, 0.1) is 5.92 Å². The van der Waals surface area contributed by atoms with Crippen LogP contribution in [-0.2, 0) is 26.0 Å². The molecule has 0 unspecified atom stereocenters. The number of carbonyl (C=O) groups is 2. The lowest BCUT2D eigenvalue weighted by Crippen LogP contribution is -2.40. The quantitative estimate of drug-likeness (QED) is 0.647. The molecule has 31 heavy (non-hydrogen) atoms. The lowest BCUT2D eigenvalue weighted by atomic mass is 9.94. The molecule has 8 nitrogen and oxygen atoms in total.